The van der Waals surface area contributed by atoms with Gasteiger partial charge in [0.05, 0.1) is 6.61 Å². The van der Waals surface area contributed by atoms with Crippen LogP contribution in [0.25, 0.3) is 0 Å². The van der Waals surface area contributed by atoms with Gasteiger partial charge in [-0.25, -0.2) is 4.79 Å². The number of aryl methyl sites for hydroxylation is 2. The minimum absolute atomic E-state index is 0.0485. The maximum atomic E-state index is 11.0. The van der Waals surface area contributed by atoms with Gasteiger partial charge in [-0.3, -0.25) is 0 Å². The first kappa shape index (κ1) is 19.9. The minimum Gasteiger partial charge on any atom is -0.478 e. The molecule has 2 fully saturated rings. The second-order valence-electron chi connectivity index (χ2n) is 8.39. The fraction of sp³-hybridized carbons (Fsp3) is 0.400. The Labute approximate surface area is 172 Å². The molecule has 1 N–H and O–H groups in total. The first-order valence-electron chi connectivity index (χ1n) is 10.3. The molecule has 0 aromatic heterocycles. The standard InChI is InChI=1S/C25H28O4/c1-17-7-3-5-9-19(17)13-22-14-20(11-12-23(26)27)24-28-16-25(22,29-24)15-21-10-6-4-8-18(21)2/h3-12,20,22,24H,13-16H2,1-2H3,(H,26,27). The second kappa shape index (κ2) is 8.13. The summed E-state index contributed by atoms with van der Waals surface area (Å²) in [5, 5.41) is 9.06. The van der Waals surface area contributed by atoms with Gasteiger partial charge in [-0.15, -0.1) is 0 Å². The number of hydrogen-bond acceptors (Lipinski definition) is 3. The molecule has 0 spiro atoms. The van der Waals surface area contributed by atoms with Crippen molar-refractivity contribution < 1.29 is 19.4 Å². The van der Waals surface area contributed by atoms with Crippen LogP contribution >= 0.6 is 0 Å². The minimum atomic E-state index is -0.935. The average Bonchev–Trinajstić information content (AvgIpc) is 3.07. The van der Waals surface area contributed by atoms with Crippen LogP contribution in [0.1, 0.15) is 28.7 Å². The molecule has 2 aliphatic heterocycles. The topological polar surface area (TPSA) is 55.8 Å². The molecule has 4 heteroatoms. The summed E-state index contributed by atoms with van der Waals surface area (Å²) in [6, 6.07) is 16.9. The number of aliphatic carboxylic acids is 1. The van der Waals surface area contributed by atoms with Gasteiger partial charge in [-0.2, -0.15) is 0 Å². The highest BCUT2D eigenvalue weighted by atomic mass is 16.7. The first-order chi connectivity index (χ1) is 14.0. The zero-order chi connectivity index (χ0) is 20.4. The molecule has 2 saturated heterocycles. The lowest BCUT2D eigenvalue weighted by Gasteiger charge is -2.42. The normalized spacial score (nSPS) is 28.7. The summed E-state index contributed by atoms with van der Waals surface area (Å²) in [4.78, 5) is 11.0. The largest absolute Gasteiger partial charge is 0.478 e. The van der Waals surface area contributed by atoms with Gasteiger partial charge in [-0.05, 0) is 54.9 Å². The van der Waals surface area contributed by atoms with Crippen LogP contribution in [0.15, 0.2) is 60.7 Å². The van der Waals surface area contributed by atoms with Crippen molar-refractivity contribution in [2.75, 3.05) is 6.61 Å². The van der Waals surface area contributed by atoms with Crippen LogP contribution in [0.3, 0.4) is 0 Å². The molecular formula is C25H28O4. The molecule has 4 unspecified atom stereocenters. The Morgan fingerprint density at radius 2 is 1.76 bits per heavy atom. The number of fused-ring (bicyclic) bond motifs is 2. The molecule has 4 rings (SSSR count). The molecule has 2 aliphatic rings. The molecule has 152 valence electrons. The number of carbonyl (C=O) groups is 1. The fourth-order valence-corrected chi connectivity index (χ4v) is 4.72. The summed E-state index contributed by atoms with van der Waals surface area (Å²) in [6.45, 7) is 4.82. The fourth-order valence-electron chi connectivity index (χ4n) is 4.72. The molecule has 29 heavy (non-hydrogen) atoms. The third-order valence-electron chi connectivity index (χ3n) is 6.46. The Balaban J connectivity index is 1.66. The molecule has 2 bridgehead atoms. The number of carboxylic acids is 1. The van der Waals surface area contributed by atoms with Gasteiger partial charge in [0.1, 0.15) is 5.60 Å². The van der Waals surface area contributed by atoms with Gasteiger partial charge in [0.25, 0.3) is 0 Å². The maximum Gasteiger partial charge on any atom is 0.327 e. The molecule has 4 nitrogen and oxygen atoms in total. The number of rotatable bonds is 6. The number of hydrogen-bond donors (Lipinski definition) is 1. The molecule has 2 heterocycles. The maximum absolute atomic E-state index is 11.0. The highest BCUT2D eigenvalue weighted by molar-refractivity contribution is 5.79. The van der Waals surface area contributed by atoms with E-state index in [-0.39, 0.29) is 23.7 Å². The lowest BCUT2D eigenvalue weighted by atomic mass is 9.72. The van der Waals surface area contributed by atoms with Crippen molar-refractivity contribution in [2.45, 2.75) is 45.0 Å². The second-order valence-corrected chi connectivity index (χ2v) is 8.39. The van der Waals surface area contributed by atoms with E-state index in [1.165, 1.54) is 28.3 Å². The summed E-state index contributed by atoms with van der Waals surface area (Å²) < 4.78 is 12.6. The zero-order valence-corrected chi connectivity index (χ0v) is 17.0. The highest BCUT2D eigenvalue weighted by Crippen LogP contribution is 2.47. The third kappa shape index (κ3) is 4.14. The Morgan fingerprint density at radius 1 is 1.10 bits per heavy atom. The van der Waals surface area contributed by atoms with E-state index in [0.29, 0.717) is 6.61 Å². The lowest BCUT2D eigenvalue weighted by molar-refractivity contribution is -0.165. The number of carboxylic acid groups (broad SMARTS) is 1. The predicted octanol–water partition coefficient (Wildman–Crippen LogP) is 4.48. The van der Waals surface area contributed by atoms with E-state index in [0.717, 1.165) is 19.3 Å². The lowest BCUT2D eigenvalue weighted by Crippen LogP contribution is -2.49. The van der Waals surface area contributed by atoms with Crippen LogP contribution in [-0.4, -0.2) is 29.6 Å². The third-order valence-corrected chi connectivity index (χ3v) is 6.46. The number of ether oxygens (including phenoxy) is 2. The summed E-state index contributed by atoms with van der Waals surface area (Å²) >= 11 is 0. The van der Waals surface area contributed by atoms with E-state index in [1.807, 2.05) is 0 Å². The summed E-state index contributed by atoms with van der Waals surface area (Å²) in [6.07, 6.45) is 5.14. The Kier molecular flexibility index (Phi) is 5.57. The van der Waals surface area contributed by atoms with E-state index in [2.05, 4.69) is 62.4 Å². The van der Waals surface area contributed by atoms with Crippen LogP contribution in [0, 0.1) is 25.7 Å². The summed E-state index contributed by atoms with van der Waals surface area (Å²) in [7, 11) is 0. The quantitative estimate of drug-likeness (QED) is 0.737. The van der Waals surface area contributed by atoms with Gasteiger partial charge in [-0.1, -0.05) is 54.6 Å². The van der Waals surface area contributed by atoms with E-state index in [4.69, 9.17) is 14.6 Å². The SMILES string of the molecule is Cc1ccccc1CC1CC(C=CC(=O)O)C2OCC1(Cc1ccccc1C)O2. The van der Waals surface area contributed by atoms with Crippen molar-refractivity contribution in [1.82, 2.24) is 0 Å². The van der Waals surface area contributed by atoms with Crippen molar-refractivity contribution in [3.8, 4) is 0 Å². The molecule has 0 aliphatic carbocycles. The van der Waals surface area contributed by atoms with Crippen LogP contribution in [0.2, 0.25) is 0 Å². The van der Waals surface area contributed by atoms with Gasteiger partial charge in [0.15, 0.2) is 6.29 Å². The van der Waals surface area contributed by atoms with E-state index in [9.17, 15) is 4.79 Å². The molecule has 4 atom stereocenters. The van der Waals surface area contributed by atoms with Crippen molar-refractivity contribution >= 4 is 5.97 Å². The van der Waals surface area contributed by atoms with E-state index < -0.39 is 5.97 Å². The first-order valence-corrected chi connectivity index (χ1v) is 10.3. The molecule has 0 saturated carbocycles. The number of benzene rings is 2. The molecule has 0 amide bonds. The van der Waals surface area contributed by atoms with Crippen molar-refractivity contribution in [1.29, 1.82) is 0 Å². The molecule has 2 aromatic carbocycles. The van der Waals surface area contributed by atoms with Crippen LogP contribution < -0.4 is 0 Å². The average molecular weight is 392 g/mol. The zero-order valence-electron chi connectivity index (χ0n) is 17.0. The summed E-state index contributed by atoms with van der Waals surface area (Å²) in [5.41, 5.74) is 4.75. The smallest absolute Gasteiger partial charge is 0.327 e. The Hall–Kier alpha value is -2.43. The van der Waals surface area contributed by atoms with E-state index >= 15 is 0 Å². The van der Waals surface area contributed by atoms with Gasteiger partial charge < -0.3 is 14.6 Å². The van der Waals surface area contributed by atoms with Gasteiger partial charge in [0, 0.05) is 18.4 Å². The highest BCUT2D eigenvalue weighted by Gasteiger charge is 2.54. The predicted molar refractivity (Wildman–Crippen MR) is 112 cm³/mol. The van der Waals surface area contributed by atoms with Crippen molar-refractivity contribution in [2.24, 2.45) is 11.8 Å². The van der Waals surface area contributed by atoms with Crippen LogP contribution in [0.4, 0.5) is 0 Å². The van der Waals surface area contributed by atoms with Crippen LogP contribution in [-0.2, 0) is 27.1 Å². The Morgan fingerprint density at radius 3 is 2.41 bits per heavy atom. The molecule has 0 radical (unpaired) electrons. The molecule has 2 aromatic rings. The van der Waals surface area contributed by atoms with Crippen LogP contribution in [0.5, 0.6) is 0 Å². The van der Waals surface area contributed by atoms with Crippen molar-refractivity contribution in [3.63, 3.8) is 0 Å². The van der Waals surface area contributed by atoms with Crippen molar-refractivity contribution in [3.05, 3.63) is 82.9 Å². The van der Waals surface area contributed by atoms with Gasteiger partial charge >= 0.3 is 5.97 Å². The molecular weight excluding hydrogens is 364 g/mol. The monoisotopic (exact) mass is 392 g/mol. The van der Waals surface area contributed by atoms with E-state index in [1.54, 1.807) is 6.08 Å². The Bertz CT molecular complexity index is 919. The van der Waals surface area contributed by atoms with Gasteiger partial charge in [0.2, 0.25) is 0 Å². The summed E-state index contributed by atoms with van der Waals surface area (Å²) in [5.74, 6) is -0.742.